The number of hydrogen-bond acceptors (Lipinski definition) is 6. The molecule has 3 rings (SSSR count). The highest BCUT2D eigenvalue weighted by molar-refractivity contribution is 5.74. The molecule has 0 fully saturated rings. The van der Waals surface area contributed by atoms with E-state index in [0.717, 1.165) is 0 Å². The molecule has 0 bridgehead atoms. The maximum Gasteiger partial charge on any atom is 0.219 e. The van der Waals surface area contributed by atoms with Crippen LogP contribution >= 0.6 is 0 Å². The van der Waals surface area contributed by atoms with E-state index in [2.05, 4.69) is 0 Å². The number of fused-ring (bicyclic) bond motifs is 1. The van der Waals surface area contributed by atoms with Gasteiger partial charge in [-0.25, -0.2) is 0 Å². The Morgan fingerprint density at radius 3 is 2.64 bits per heavy atom. The molecule has 124 valence electrons. The summed E-state index contributed by atoms with van der Waals surface area (Å²) in [6.07, 6.45) is 4.72. The van der Waals surface area contributed by atoms with Gasteiger partial charge in [0.2, 0.25) is 5.91 Å². The van der Waals surface area contributed by atoms with Crippen molar-refractivity contribution < 1.29 is 9.21 Å². The van der Waals surface area contributed by atoms with E-state index in [4.69, 9.17) is 10.2 Å². The summed E-state index contributed by atoms with van der Waals surface area (Å²) in [6.45, 7) is 2.14. The molecule has 1 amide bonds. The fourth-order valence-electron chi connectivity index (χ4n) is 3.77. The smallest absolute Gasteiger partial charge is 0.219 e. The molecule has 25 heavy (non-hydrogen) atoms. The molecule has 1 aliphatic heterocycles. The largest absolute Gasteiger partial charge is 0.472 e. The molecule has 1 aliphatic carbocycles. The van der Waals surface area contributed by atoms with Crippen molar-refractivity contribution in [1.29, 1.82) is 15.8 Å². The molecule has 1 aromatic rings. The van der Waals surface area contributed by atoms with Crippen molar-refractivity contribution in [3.63, 3.8) is 0 Å². The molecule has 0 radical (unpaired) electrons. The molecule has 2 N–H and O–H groups in total. The topological polar surface area (TPSA) is 131 Å². The summed E-state index contributed by atoms with van der Waals surface area (Å²) in [5.74, 6) is -1.13. The van der Waals surface area contributed by atoms with E-state index in [1.54, 1.807) is 17.0 Å². The number of nitrogens with zero attached hydrogens (tertiary/aromatic N) is 4. The minimum atomic E-state index is -1.70. The van der Waals surface area contributed by atoms with Gasteiger partial charge in [0.25, 0.3) is 0 Å². The van der Waals surface area contributed by atoms with E-state index in [-0.39, 0.29) is 17.2 Å². The van der Waals surface area contributed by atoms with Crippen molar-refractivity contribution in [3.8, 4) is 18.2 Å². The van der Waals surface area contributed by atoms with Gasteiger partial charge in [-0.05, 0) is 17.2 Å². The molecular weight excluding hydrogens is 318 g/mol. The summed E-state index contributed by atoms with van der Waals surface area (Å²) in [4.78, 5) is 13.5. The van der Waals surface area contributed by atoms with Gasteiger partial charge < -0.3 is 15.1 Å². The lowest BCUT2D eigenvalue weighted by molar-refractivity contribution is -0.129. The van der Waals surface area contributed by atoms with E-state index >= 15 is 0 Å². The first kappa shape index (κ1) is 16.4. The lowest BCUT2D eigenvalue weighted by Crippen LogP contribution is -2.48. The summed E-state index contributed by atoms with van der Waals surface area (Å²) in [5.41, 5.74) is 5.90. The van der Waals surface area contributed by atoms with Crippen LogP contribution in [0.4, 0.5) is 0 Å². The molecule has 2 heterocycles. The second-order valence-corrected chi connectivity index (χ2v) is 6.16. The fourth-order valence-corrected chi connectivity index (χ4v) is 3.77. The Morgan fingerprint density at radius 1 is 1.40 bits per heavy atom. The zero-order valence-corrected chi connectivity index (χ0v) is 13.6. The van der Waals surface area contributed by atoms with Crippen LogP contribution in [-0.4, -0.2) is 23.9 Å². The van der Waals surface area contributed by atoms with Crippen molar-refractivity contribution >= 4 is 5.91 Å². The minimum Gasteiger partial charge on any atom is -0.472 e. The fraction of sp³-hybridized carbons (Fsp3) is 0.333. The first-order chi connectivity index (χ1) is 12.0. The molecule has 0 spiro atoms. The molecule has 7 nitrogen and oxygen atoms in total. The predicted molar refractivity (Wildman–Crippen MR) is 85.8 cm³/mol. The number of allylic oxidation sites excluding steroid dienone is 2. The Morgan fingerprint density at radius 2 is 2.12 bits per heavy atom. The predicted octanol–water partition coefficient (Wildman–Crippen LogP) is 1.55. The zero-order chi connectivity index (χ0) is 18.2. The van der Waals surface area contributed by atoms with Gasteiger partial charge in [-0.3, -0.25) is 4.79 Å². The summed E-state index contributed by atoms with van der Waals surface area (Å²) in [7, 11) is 0. The minimum absolute atomic E-state index is 0.0371. The molecule has 0 saturated heterocycles. The van der Waals surface area contributed by atoms with Crippen LogP contribution in [0.25, 0.3) is 0 Å². The quantitative estimate of drug-likeness (QED) is 0.829. The van der Waals surface area contributed by atoms with Gasteiger partial charge in [0.15, 0.2) is 5.41 Å². The van der Waals surface area contributed by atoms with E-state index in [1.807, 2.05) is 18.2 Å². The summed E-state index contributed by atoms with van der Waals surface area (Å²) in [5, 5.41) is 29.2. The average molecular weight is 333 g/mol. The maximum absolute atomic E-state index is 11.8. The Kier molecular flexibility index (Phi) is 3.83. The van der Waals surface area contributed by atoms with Gasteiger partial charge in [-0.2, -0.15) is 15.8 Å². The SMILES string of the molecule is CC(=O)N1CC=C2C(C#N)=C(N)C(C#N)(C#N)[C@H](c3ccoc3)[C@H]2C1. The number of amides is 1. The first-order valence-electron chi connectivity index (χ1n) is 7.71. The van der Waals surface area contributed by atoms with E-state index < -0.39 is 17.3 Å². The lowest BCUT2D eigenvalue weighted by atomic mass is 9.58. The van der Waals surface area contributed by atoms with Crippen LogP contribution in [0.15, 0.2) is 45.9 Å². The second-order valence-electron chi connectivity index (χ2n) is 6.16. The summed E-state index contributed by atoms with van der Waals surface area (Å²) in [6, 6.07) is 7.79. The number of furan rings is 1. The number of carbonyl (C=O) groups is 1. The number of nitrogens with two attached hydrogens (primary N) is 1. The highest BCUT2D eigenvalue weighted by Gasteiger charge is 2.54. The summed E-state index contributed by atoms with van der Waals surface area (Å²) < 4.78 is 5.15. The van der Waals surface area contributed by atoms with E-state index in [1.165, 1.54) is 19.5 Å². The summed E-state index contributed by atoms with van der Waals surface area (Å²) >= 11 is 0. The Labute approximate surface area is 144 Å². The number of nitriles is 3. The van der Waals surface area contributed by atoms with E-state index in [0.29, 0.717) is 24.2 Å². The van der Waals surface area contributed by atoms with Crippen molar-refractivity contribution in [3.05, 3.63) is 47.1 Å². The van der Waals surface area contributed by atoms with E-state index in [9.17, 15) is 20.6 Å². The third-order valence-electron chi connectivity index (χ3n) is 5.01. The molecule has 7 heteroatoms. The normalized spacial score (nSPS) is 24.4. The van der Waals surface area contributed by atoms with Crippen molar-refractivity contribution in [2.24, 2.45) is 17.1 Å². The first-order valence-corrected chi connectivity index (χ1v) is 7.71. The number of carbonyl (C=O) groups excluding carboxylic acids is 1. The highest BCUT2D eigenvalue weighted by atomic mass is 16.3. The molecule has 2 atom stereocenters. The van der Waals surface area contributed by atoms with Crippen molar-refractivity contribution in [2.45, 2.75) is 12.8 Å². The van der Waals surface area contributed by atoms with Crippen molar-refractivity contribution in [1.82, 2.24) is 4.90 Å². The Bertz CT molecular complexity index is 891. The lowest BCUT2D eigenvalue weighted by Gasteiger charge is -2.44. The van der Waals surface area contributed by atoms with Gasteiger partial charge in [-0.15, -0.1) is 0 Å². The van der Waals surface area contributed by atoms with Gasteiger partial charge in [0, 0.05) is 31.8 Å². The van der Waals surface area contributed by atoms with Gasteiger partial charge in [-0.1, -0.05) is 6.08 Å². The van der Waals surface area contributed by atoms with Crippen LogP contribution in [0, 0.1) is 45.3 Å². The van der Waals surface area contributed by atoms with Crippen LogP contribution in [0.3, 0.4) is 0 Å². The van der Waals surface area contributed by atoms with Crippen LogP contribution < -0.4 is 5.73 Å². The van der Waals surface area contributed by atoms with Crippen LogP contribution in [0.2, 0.25) is 0 Å². The third-order valence-corrected chi connectivity index (χ3v) is 5.01. The Balaban J connectivity index is 2.29. The molecule has 0 aromatic carbocycles. The van der Waals surface area contributed by atoms with Crippen molar-refractivity contribution in [2.75, 3.05) is 13.1 Å². The molecule has 1 aromatic heterocycles. The van der Waals surface area contributed by atoms with Gasteiger partial charge >= 0.3 is 0 Å². The molecule has 0 unspecified atom stereocenters. The molecular formula is C18H15N5O2. The third kappa shape index (κ3) is 2.20. The van der Waals surface area contributed by atoms with Gasteiger partial charge in [0.05, 0.1) is 35.9 Å². The standard InChI is InChI=1S/C18H15N5O2/c1-11(24)23-4-2-13-14(6-19)17(22)18(9-20,10-21)16(15(13)7-23)12-3-5-25-8-12/h2-3,5,8,15-16H,4,7,22H2,1H3/t15-,16+/m0/s1. The zero-order valence-electron chi connectivity index (χ0n) is 13.6. The molecule has 2 aliphatic rings. The monoisotopic (exact) mass is 333 g/mol. The average Bonchev–Trinajstić information content (AvgIpc) is 3.14. The molecule has 0 saturated carbocycles. The number of rotatable bonds is 1. The Hall–Kier alpha value is -3.50. The number of hydrogen-bond donors (Lipinski definition) is 1. The second kappa shape index (κ2) is 5.85. The van der Waals surface area contributed by atoms with Crippen LogP contribution in [0.1, 0.15) is 18.4 Å². The maximum atomic E-state index is 11.8. The van der Waals surface area contributed by atoms with Crippen LogP contribution in [-0.2, 0) is 4.79 Å². The van der Waals surface area contributed by atoms with Gasteiger partial charge in [0.1, 0.15) is 6.07 Å². The van der Waals surface area contributed by atoms with Crippen LogP contribution in [0.5, 0.6) is 0 Å². The highest BCUT2D eigenvalue weighted by Crippen LogP contribution is 2.54.